The van der Waals surface area contributed by atoms with Crippen molar-refractivity contribution in [2.75, 3.05) is 6.61 Å². The first-order valence-electron chi connectivity index (χ1n) is 5.04. The van der Waals surface area contributed by atoms with E-state index < -0.39 is 29.2 Å². The number of ketones is 1. The van der Waals surface area contributed by atoms with Crippen molar-refractivity contribution in [2.24, 2.45) is 5.11 Å². The second-order valence-corrected chi connectivity index (χ2v) is 3.66. The highest BCUT2D eigenvalue weighted by molar-refractivity contribution is 6.31. The summed E-state index contributed by atoms with van der Waals surface area (Å²) in [6.45, 7) is 1.58. The van der Waals surface area contributed by atoms with E-state index in [-0.39, 0.29) is 11.6 Å². The van der Waals surface area contributed by atoms with Gasteiger partial charge in [0.15, 0.2) is 5.82 Å². The molecule has 0 aliphatic heterocycles. The van der Waals surface area contributed by atoms with Crippen molar-refractivity contribution in [3.63, 3.8) is 0 Å². The van der Waals surface area contributed by atoms with Crippen LogP contribution in [0, 0.1) is 11.3 Å². The maximum atomic E-state index is 13.6. The molecule has 18 heavy (non-hydrogen) atoms. The van der Waals surface area contributed by atoms with Gasteiger partial charge in [-0.25, -0.2) is 14.7 Å². The molecule has 1 unspecified atom stereocenters. The van der Waals surface area contributed by atoms with Crippen LogP contribution < -0.4 is 0 Å². The topological polar surface area (TPSA) is 79.6 Å². The number of Topliss-reactive ketones (excluding diaryl/α,β-unsaturated/α-hetero) is 1. The number of benzene rings is 1. The third-order valence-electron chi connectivity index (χ3n) is 2.10. The van der Waals surface area contributed by atoms with Gasteiger partial charge in [0, 0.05) is 0 Å². The highest BCUT2D eigenvalue weighted by Crippen LogP contribution is 2.20. The lowest BCUT2D eigenvalue weighted by atomic mass is 10.0. The Morgan fingerprint density at radius 1 is 1.56 bits per heavy atom. The summed E-state index contributed by atoms with van der Waals surface area (Å²) in [6, 6.07) is 2.11. The molecule has 1 aromatic carbocycles. The van der Waals surface area contributed by atoms with Crippen LogP contribution in [0.3, 0.4) is 0 Å². The van der Waals surface area contributed by atoms with E-state index in [0.29, 0.717) is 0 Å². The summed E-state index contributed by atoms with van der Waals surface area (Å²) >= 11 is 5.53. The molecule has 0 bridgehead atoms. The number of carbonyl (C=O) groups excluding carboxylic acids is 2. The molecule has 0 saturated heterocycles. The molecule has 0 spiro atoms. The molecule has 0 heterocycles. The van der Waals surface area contributed by atoms with Crippen LogP contribution in [0.1, 0.15) is 17.3 Å². The molecule has 1 aromatic rings. The molecule has 0 amide bonds. The third kappa shape index (κ3) is 2.89. The Balaban J connectivity index is 3.08. The number of ether oxygens (including phenoxy) is 1. The monoisotopic (exact) mass is 272 g/mol. The fraction of sp³-hybridized carbons (Fsp3) is 0.273. The lowest BCUT2D eigenvalue weighted by molar-refractivity contribution is -0.143. The third-order valence-corrected chi connectivity index (χ3v) is 2.40. The number of esters is 1. The van der Waals surface area contributed by atoms with Crippen LogP contribution in [-0.4, -0.2) is 24.4 Å². The Bertz CT molecular complexity index is 493. The van der Waals surface area contributed by atoms with Gasteiger partial charge in [-0.3, -0.25) is 4.79 Å². The van der Waals surface area contributed by atoms with E-state index in [1.54, 1.807) is 6.92 Å². The highest BCUT2D eigenvalue weighted by atomic mass is 35.5. The van der Waals surface area contributed by atoms with Crippen LogP contribution in [0.4, 0.5) is 4.39 Å². The molecular formula is C11H10ClFN2O3. The summed E-state index contributed by atoms with van der Waals surface area (Å²) in [6.07, 6.45) is 0. The largest absolute Gasteiger partial charge is 0.464 e. The first-order chi connectivity index (χ1) is 8.52. The molecule has 5 nitrogen and oxygen atoms in total. The smallest absolute Gasteiger partial charge is 0.340 e. The molecule has 0 aliphatic rings. The summed E-state index contributed by atoms with van der Waals surface area (Å²) in [5.41, 5.74) is 6.43. The number of nitrogens with zero attached hydrogens (tertiary/aromatic N) is 1. The van der Waals surface area contributed by atoms with Gasteiger partial charge < -0.3 is 4.74 Å². The van der Waals surface area contributed by atoms with Gasteiger partial charge in [-0.05, 0) is 19.1 Å². The molecule has 0 saturated carbocycles. The van der Waals surface area contributed by atoms with Crippen molar-refractivity contribution in [3.8, 4) is 0 Å². The summed E-state index contributed by atoms with van der Waals surface area (Å²) < 4.78 is 18.2. The molecule has 7 heteroatoms. The summed E-state index contributed by atoms with van der Waals surface area (Å²) in [7, 11) is 0. The lowest BCUT2D eigenvalue weighted by Crippen LogP contribution is -2.30. The van der Waals surface area contributed by atoms with E-state index in [1.807, 2.05) is 0 Å². The quantitative estimate of drug-likeness (QED) is 0.387. The van der Waals surface area contributed by atoms with Gasteiger partial charge in [0.2, 0.25) is 11.8 Å². The van der Waals surface area contributed by atoms with Crippen molar-refractivity contribution in [1.82, 2.24) is 0 Å². The van der Waals surface area contributed by atoms with Crippen molar-refractivity contribution < 1.29 is 18.7 Å². The first kappa shape index (κ1) is 14.2. The van der Waals surface area contributed by atoms with Crippen molar-refractivity contribution in [2.45, 2.75) is 13.0 Å². The Kier molecular flexibility index (Phi) is 4.91. The molecule has 0 fully saturated rings. The second kappa shape index (κ2) is 6.20. The minimum atomic E-state index is -1.70. The van der Waals surface area contributed by atoms with Gasteiger partial charge in [-0.15, -0.1) is 0 Å². The Morgan fingerprint density at radius 3 is 2.78 bits per heavy atom. The van der Waals surface area contributed by atoms with E-state index >= 15 is 0 Å². The van der Waals surface area contributed by atoms with Gasteiger partial charge in [-0.2, -0.15) is 5.11 Å². The van der Waals surface area contributed by atoms with Crippen LogP contribution in [-0.2, 0) is 9.53 Å². The van der Waals surface area contributed by atoms with Gasteiger partial charge in [0.25, 0.3) is 0 Å². The van der Waals surface area contributed by atoms with E-state index in [9.17, 15) is 14.0 Å². The predicted molar refractivity (Wildman–Crippen MR) is 61.3 cm³/mol. The zero-order valence-corrected chi connectivity index (χ0v) is 10.2. The Morgan fingerprint density at radius 2 is 2.22 bits per heavy atom. The molecule has 0 aliphatic carbocycles. The minimum Gasteiger partial charge on any atom is -0.464 e. The lowest BCUT2D eigenvalue weighted by Gasteiger charge is -2.09. The first-order valence-corrected chi connectivity index (χ1v) is 5.42. The van der Waals surface area contributed by atoms with Gasteiger partial charge in [0.1, 0.15) is 0 Å². The van der Waals surface area contributed by atoms with Crippen LogP contribution >= 0.6 is 11.6 Å². The average Bonchev–Trinajstić information content (AvgIpc) is 2.33. The van der Waals surface area contributed by atoms with Crippen LogP contribution in [0.15, 0.2) is 23.3 Å². The number of carbonyl (C=O) groups is 2. The maximum Gasteiger partial charge on any atom is 0.340 e. The summed E-state index contributed by atoms with van der Waals surface area (Å²) in [4.78, 5) is 23.2. The number of halogens is 2. The van der Waals surface area contributed by atoms with Crippen molar-refractivity contribution >= 4 is 23.4 Å². The maximum absolute atomic E-state index is 13.6. The fourth-order valence-corrected chi connectivity index (χ4v) is 1.46. The summed E-state index contributed by atoms with van der Waals surface area (Å²) in [5, 5.41) is 2.63. The second-order valence-electron chi connectivity index (χ2n) is 3.25. The van der Waals surface area contributed by atoms with E-state index in [2.05, 4.69) is 9.85 Å². The molecule has 1 atom stereocenters. The zero-order valence-electron chi connectivity index (χ0n) is 9.44. The van der Waals surface area contributed by atoms with E-state index in [1.165, 1.54) is 18.2 Å². The standard InChI is InChI=1S/C11H10ClFN2O3/c1-2-18-11(17)9(15-14)10(16)6-4-3-5-7(12)8(6)13/h3-5,9,14H,2H2,1H3. The number of hydrogen-bond acceptors (Lipinski definition) is 5. The van der Waals surface area contributed by atoms with Gasteiger partial charge >= 0.3 is 5.97 Å². The molecule has 0 radical (unpaired) electrons. The molecular weight excluding hydrogens is 263 g/mol. The van der Waals surface area contributed by atoms with E-state index in [4.69, 9.17) is 17.1 Å². The predicted octanol–water partition coefficient (Wildman–Crippen LogP) is 2.62. The average molecular weight is 273 g/mol. The normalized spacial score (nSPS) is 11.7. The van der Waals surface area contributed by atoms with Crippen LogP contribution in [0.5, 0.6) is 0 Å². The molecule has 1 rings (SSSR count). The van der Waals surface area contributed by atoms with Gasteiger partial charge in [-0.1, -0.05) is 17.7 Å². The SMILES string of the molecule is CCOC(=O)C(N=N)C(=O)c1cccc(Cl)c1F. The minimum absolute atomic E-state index is 0.0379. The van der Waals surface area contributed by atoms with E-state index in [0.717, 1.165) is 0 Å². The molecule has 1 N–H and O–H groups in total. The number of hydrogen-bond donors (Lipinski definition) is 1. The van der Waals surface area contributed by atoms with Gasteiger partial charge in [0.05, 0.1) is 17.2 Å². The fourth-order valence-electron chi connectivity index (χ4n) is 1.28. The number of rotatable bonds is 5. The number of nitrogens with one attached hydrogen (secondary N) is 1. The molecule has 0 aromatic heterocycles. The van der Waals surface area contributed by atoms with Crippen LogP contribution in [0.2, 0.25) is 5.02 Å². The summed E-state index contributed by atoms with van der Waals surface area (Å²) in [5.74, 6) is -2.89. The zero-order chi connectivity index (χ0) is 13.7. The van der Waals surface area contributed by atoms with Crippen LogP contribution in [0.25, 0.3) is 0 Å². The Labute approximate surface area is 107 Å². The highest BCUT2D eigenvalue weighted by Gasteiger charge is 2.30. The van der Waals surface area contributed by atoms with Crippen molar-refractivity contribution in [1.29, 1.82) is 5.53 Å². The Hall–Kier alpha value is -1.82. The van der Waals surface area contributed by atoms with Crippen molar-refractivity contribution in [3.05, 3.63) is 34.6 Å². The molecule has 96 valence electrons.